The zero-order valence-corrected chi connectivity index (χ0v) is 14.5. The first-order chi connectivity index (χ1) is 11.2. The van der Waals surface area contributed by atoms with Crippen molar-refractivity contribution in [2.24, 2.45) is 11.8 Å². The molecule has 0 unspecified atom stereocenters. The van der Waals surface area contributed by atoms with Gasteiger partial charge in [0.05, 0.1) is 0 Å². The van der Waals surface area contributed by atoms with Crippen LogP contribution in [0.15, 0.2) is 0 Å². The van der Waals surface area contributed by atoms with E-state index in [0.29, 0.717) is 6.04 Å². The fraction of sp³-hybridized carbons (Fsp3) is 0.882. The summed E-state index contributed by atoms with van der Waals surface area (Å²) in [6.07, 6.45) is 7.16. The van der Waals surface area contributed by atoms with E-state index in [1.165, 1.54) is 25.7 Å². The largest absolute Gasteiger partial charge is 0.368 e. The van der Waals surface area contributed by atoms with Crippen molar-refractivity contribution in [1.82, 2.24) is 15.1 Å². The maximum absolute atomic E-state index is 12.4. The summed E-state index contributed by atoms with van der Waals surface area (Å²) in [6.45, 7) is 3.93. The minimum atomic E-state index is -0.194. The molecule has 0 aromatic heterocycles. The van der Waals surface area contributed by atoms with E-state index >= 15 is 0 Å². The van der Waals surface area contributed by atoms with Crippen LogP contribution in [-0.2, 0) is 9.53 Å². The number of ether oxygens (including phenoxy) is 1. The highest BCUT2D eigenvalue weighted by Gasteiger charge is 2.40. The predicted octanol–water partition coefficient (Wildman–Crippen LogP) is 1.37. The maximum atomic E-state index is 12.4. The van der Waals surface area contributed by atoms with Gasteiger partial charge in [-0.25, -0.2) is 0 Å². The van der Waals surface area contributed by atoms with Crippen molar-refractivity contribution in [3.63, 3.8) is 0 Å². The van der Waals surface area contributed by atoms with Crippen molar-refractivity contribution in [2.45, 2.75) is 50.7 Å². The summed E-state index contributed by atoms with van der Waals surface area (Å²) in [4.78, 5) is 16.6. The molecule has 23 heavy (non-hydrogen) atoms. The molecular formula is C17H27N3O2S. The van der Waals surface area contributed by atoms with Gasteiger partial charge in [0.2, 0.25) is 0 Å². The highest BCUT2D eigenvalue weighted by atomic mass is 32.1. The molecule has 2 saturated heterocycles. The maximum Gasteiger partial charge on any atom is 0.251 e. The first-order valence-electron chi connectivity index (χ1n) is 9.16. The molecule has 0 spiro atoms. The van der Waals surface area contributed by atoms with Crippen LogP contribution in [0.3, 0.4) is 0 Å². The van der Waals surface area contributed by atoms with Gasteiger partial charge in [0.15, 0.2) is 5.11 Å². The Morgan fingerprint density at radius 1 is 1.04 bits per heavy atom. The Morgan fingerprint density at radius 2 is 1.83 bits per heavy atom. The fourth-order valence-electron chi connectivity index (χ4n) is 4.78. The van der Waals surface area contributed by atoms with Gasteiger partial charge in [-0.05, 0) is 56.2 Å². The number of amides is 1. The zero-order valence-electron chi connectivity index (χ0n) is 13.7. The van der Waals surface area contributed by atoms with Gasteiger partial charge in [-0.15, -0.1) is 0 Å². The molecule has 2 heterocycles. The Hall–Kier alpha value is -0.880. The van der Waals surface area contributed by atoms with E-state index in [1.807, 2.05) is 4.90 Å². The average Bonchev–Trinajstić information content (AvgIpc) is 3.32. The van der Waals surface area contributed by atoms with Crippen LogP contribution in [0, 0.1) is 11.8 Å². The molecule has 2 bridgehead atoms. The van der Waals surface area contributed by atoms with E-state index in [-0.39, 0.29) is 12.0 Å². The lowest BCUT2D eigenvalue weighted by atomic mass is 9.95. The zero-order chi connectivity index (χ0) is 15.8. The van der Waals surface area contributed by atoms with Gasteiger partial charge >= 0.3 is 0 Å². The molecular weight excluding hydrogens is 310 g/mol. The molecule has 0 aromatic rings. The summed E-state index contributed by atoms with van der Waals surface area (Å²) < 4.78 is 5.52. The van der Waals surface area contributed by atoms with Gasteiger partial charge < -0.3 is 19.9 Å². The van der Waals surface area contributed by atoms with Crippen molar-refractivity contribution in [2.75, 3.05) is 32.8 Å². The Bertz CT molecular complexity index is 472. The van der Waals surface area contributed by atoms with E-state index in [0.717, 1.165) is 62.6 Å². The number of piperazine rings is 1. The predicted molar refractivity (Wildman–Crippen MR) is 92.1 cm³/mol. The lowest BCUT2D eigenvalue weighted by Crippen LogP contribution is -2.56. The molecule has 1 N–H and O–H groups in total. The molecule has 4 atom stereocenters. The number of carbonyl (C=O) groups is 1. The van der Waals surface area contributed by atoms with Crippen LogP contribution in [-0.4, -0.2) is 65.8 Å². The molecule has 1 amide bonds. The third-order valence-corrected chi connectivity index (χ3v) is 6.51. The number of carbonyl (C=O) groups excluding carboxylic acids is 1. The summed E-state index contributed by atoms with van der Waals surface area (Å²) >= 11 is 5.62. The molecule has 2 aliphatic carbocycles. The SMILES string of the molecule is O=C([C@@H]1CCCO1)N1CCN(C(=S)N[C@@H]2C[C@@H]3CC[C@@H]2C3)CC1. The second-order valence-electron chi connectivity index (χ2n) is 7.54. The summed E-state index contributed by atoms with van der Waals surface area (Å²) in [5.74, 6) is 1.94. The third kappa shape index (κ3) is 3.20. The molecule has 6 heteroatoms. The summed E-state index contributed by atoms with van der Waals surface area (Å²) in [7, 11) is 0. The highest BCUT2D eigenvalue weighted by molar-refractivity contribution is 7.80. The van der Waals surface area contributed by atoms with E-state index in [1.54, 1.807) is 0 Å². The topological polar surface area (TPSA) is 44.8 Å². The molecule has 4 fully saturated rings. The summed E-state index contributed by atoms with van der Waals surface area (Å²) in [5.41, 5.74) is 0. The molecule has 5 nitrogen and oxygen atoms in total. The van der Waals surface area contributed by atoms with Crippen LogP contribution in [0.5, 0.6) is 0 Å². The van der Waals surface area contributed by atoms with Crippen LogP contribution in [0.4, 0.5) is 0 Å². The van der Waals surface area contributed by atoms with Crippen molar-refractivity contribution >= 4 is 23.2 Å². The summed E-state index contributed by atoms with van der Waals surface area (Å²) in [6, 6.07) is 0.591. The molecule has 128 valence electrons. The Kier molecular flexibility index (Phi) is 4.46. The van der Waals surface area contributed by atoms with Gasteiger partial charge in [-0.2, -0.15) is 0 Å². The van der Waals surface area contributed by atoms with Crippen molar-refractivity contribution in [3.05, 3.63) is 0 Å². The van der Waals surface area contributed by atoms with Gasteiger partial charge in [-0.3, -0.25) is 4.79 Å². The van der Waals surface area contributed by atoms with E-state index < -0.39 is 0 Å². The number of hydrogen-bond donors (Lipinski definition) is 1. The number of nitrogens with one attached hydrogen (secondary N) is 1. The van der Waals surface area contributed by atoms with Gasteiger partial charge in [0.25, 0.3) is 5.91 Å². The first kappa shape index (κ1) is 15.6. The Balaban J connectivity index is 1.24. The standard InChI is InChI=1S/C17H27N3O2S/c21-16(15-2-1-9-22-15)19-5-7-20(8-6-19)17(23)18-14-11-12-3-4-13(14)10-12/h12-15H,1-11H2,(H,18,23)/t12-,13-,14-,15+/m1/s1. The fourth-order valence-corrected chi connectivity index (χ4v) is 5.11. The molecule has 4 aliphatic rings. The van der Waals surface area contributed by atoms with Gasteiger partial charge in [0.1, 0.15) is 6.10 Å². The van der Waals surface area contributed by atoms with Crippen LogP contribution >= 0.6 is 12.2 Å². The van der Waals surface area contributed by atoms with E-state index in [9.17, 15) is 4.79 Å². The van der Waals surface area contributed by atoms with E-state index in [2.05, 4.69) is 10.2 Å². The molecule has 2 saturated carbocycles. The minimum absolute atomic E-state index is 0.175. The van der Waals surface area contributed by atoms with Crippen molar-refractivity contribution < 1.29 is 9.53 Å². The third-order valence-electron chi connectivity index (χ3n) is 6.13. The normalized spacial score (nSPS) is 36.5. The molecule has 0 radical (unpaired) electrons. The van der Waals surface area contributed by atoms with Crippen molar-refractivity contribution in [3.8, 4) is 0 Å². The smallest absolute Gasteiger partial charge is 0.251 e. The van der Waals surface area contributed by atoms with Gasteiger partial charge in [-0.1, -0.05) is 6.42 Å². The van der Waals surface area contributed by atoms with Crippen molar-refractivity contribution in [1.29, 1.82) is 0 Å². The Labute approximate surface area is 143 Å². The number of nitrogens with zero attached hydrogens (tertiary/aromatic N) is 2. The van der Waals surface area contributed by atoms with Crippen LogP contribution in [0.1, 0.15) is 38.5 Å². The second kappa shape index (κ2) is 6.55. The molecule has 2 aliphatic heterocycles. The number of fused-ring (bicyclic) bond motifs is 2. The number of rotatable bonds is 2. The highest BCUT2D eigenvalue weighted by Crippen LogP contribution is 2.44. The van der Waals surface area contributed by atoms with E-state index in [4.69, 9.17) is 17.0 Å². The monoisotopic (exact) mass is 337 g/mol. The lowest BCUT2D eigenvalue weighted by molar-refractivity contribution is -0.142. The lowest BCUT2D eigenvalue weighted by Gasteiger charge is -2.38. The Morgan fingerprint density at radius 3 is 2.43 bits per heavy atom. The minimum Gasteiger partial charge on any atom is -0.368 e. The van der Waals surface area contributed by atoms with Crippen LogP contribution < -0.4 is 5.32 Å². The molecule has 4 rings (SSSR count). The summed E-state index contributed by atoms with van der Waals surface area (Å²) in [5, 5.41) is 4.50. The average molecular weight is 337 g/mol. The van der Waals surface area contributed by atoms with Crippen LogP contribution in [0.2, 0.25) is 0 Å². The number of thiocarbonyl (C=S) groups is 1. The van der Waals surface area contributed by atoms with Gasteiger partial charge in [0, 0.05) is 38.8 Å². The quantitative estimate of drug-likeness (QED) is 0.771. The van der Waals surface area contributed by atoms with Crippen LogP contribution in [0.25, 0.3) is 0 Å². The molecule has 0 aromatic carbocycles. The first-order valence-corrected chi connectivity index (χ1v) is 9.57. The second-order valence-corrected chi connectivity index (χ2v) is 7.93. The number of hydrogen-bond acceptors (Lipinski definition) is 3.